The minimum absolute atomic E-state index is 0.104. The third-order valence-corrected chi connectivity index (χ3v) is 2.81. The molecule has 0 unspecified atom stereocenters. The first-order valence-corrected chi connectivity index (χ1v) is 5.16. The Kier molecular flexibility index (Phi) is 2.62. The second-order valence-corrected chi connectivity index (χ2v) is 4.01. The summed E-state index contributed by atoms with van der Waals surface area (Å²) in [7, 11) is 1.60. The molecule has 1 aromatic rings. The topological polar surface area (TPSA) is 38.3 Å². The highest BCUT2D eigenvalue weighted by Crippen LogP contribution is 2.39. The third-order valence-electron chi connectivity index (χ3n) is 2.81. The first kappa shape index (κ1) is 10.0. The van der Waals surface area contributed by atoms with Crippen molar-refractivity contribution in [3.63, 3.8) is 0 Å². The van der Waals surface area contributed by atoms with Crippen LogP contribution < -0.4 is 10.1 Å². The van der Waals surface area contributed by atoms with Gasteiger partial charge in [0, 0.05) is 5.92 Å². The van der Waals surface area contributed by atoms with E-state index in [2.05, 4.69) is 12.2 Å². The Morgan fingerprint density at radius 3 is 2.73 bits per heavy atom. The fraction of sp³-hybridized carbons (Fsp3) is 0.417. The quantitative estimate of drug-likeness (QED) is 0.822. The summed E-state index contributed by atoms with van der Waals surface area (Å²) in [5.74, 6) is 1.53. The molecule has 0 aromatic heterocycles. The zero-order valence-electron chi connectivity index (χ0n) is 8.99. The number of amides is 1. The van der Waals surface area contributed by atoms with E-state index in [9.17, 15) is 4.79 Å². The maximum Gasteiger partial charge on any atom is 0.227 e. The van der Waals surface area contributed by atoms with Gasteiger partial charge in [0.2, 0.25) is 5.91 Å². The number of nitrogens with one attached hydrogen (secondary N) is 1. The van der Waals surface area contributed by atoms with Crippen molar-refractivity contribution in [1.82, 2.24) is 0 Å². The van der Waals surface area contributed by atoms with Crippen molar-refractivity contribution in [3.8, 4) is 5.75 Å². The SMILES string of the molecule is COc1ccccc1NC(=O)[C@H]1C[C@@H]1C. The van der Waals surface area contributed by atoms with Crippen molar-refractivity contribution in [1.29, 1.82) is 0 Å². The van der Waals surface area contributed by atoms with Gasteiger partial charge in [-0.05, 0) is 24.5 Å². The number of ether oxygens (including phenoxy) is 1. The highest BCUT2D eigenvalue weighted by molar-refractivity contribution is 5.95. The van der Waals surface area contributed by atoms with Crippen LogP contribution in [0.15, 0.2) is 24.3 Å². The van der Waals surface area contributed by atoms with E-state index in [1.54, 1.807) is 7.11 Å². The number of rotatable bonds is 3. The molecule has 2 atom stereocenters. The van der Waals surface area contributed by atoms with E-state index in [-0.39, 0.29) is 11.8 Å². The normalized spacial score (nSPS) is 23.3. The largest absolute Gasteiger partial charge is 0.495 e. The fourth-order valence-electron chi connectivity index (χ4n) is 1.66. The molecular weight excluding hydrogens is 190 g/mol. The molecule has 0 spiro atoms. The highest BCUT2D eigenvalue weighted by atomic mass is 16.5. The molecule has 15 heavy (non-hydrogen) atoms. The highest BCUT2D eigenvalue weighted by Gasteiger charge is 2.39. The lowest BCUT2D eigenvalue weighted by atomic mass is 10.2. The summed E-state index contributed by atoms with van der Waals surface area (Å²) >= 11 is 0. The smallest absolute Gasteiger partial charge is 0.227 e. The van der Waals surface area contributed by atoms with E-state index in [4.69, 9.17) is 4.74 Å². The van der Waals surface area contributed by atoms with Crippen LogP contribution >= 0.6 is 0 Å². The molecule has 3 nitrogen and oxygen atoms in total. The number of para-hydroxylation sites is 2. The van der Waals surface area contributed by atoms with Crippen molar-refractivity contribution in [2.24, 2.45) is 11.8 Å². The summed E-state index contributed by atoms with van der Waals surface area (Å²) in [6.07, 6.45) is 1.00. The first-order valence-electron chi connectivity index (χ1n) is 5.16. The van der Waals surface area contributed by atoms with Gasteiger partial charge in [-0.2, -0.15) is 0 Å². The average Bonchev–Trinajstić information content (AvgIpc) is 2.96. The van der Waals surface area contributed by atoms with Crippen LogP contribution in [0.25, 0.3) is 0 Å². The van der Waals surface area contributed by atoms with Crippen molar-refractivity contribution in [2.75, 3.05) is 12.4 Å². The minimum Gasteiger partial charge on any atom is -0.495 e. The Morgan fingerprint density at radius 1 is 1.47 bits per heavy atom. The second-order valence-electron chi connectivity index (χ2n) is 4.01. The molecule has 1 aromatic carbocycles. The monoisotopic (exact) mass is 205 g/mol. The van der Waals surface area contributed by atoms with Crippen LogP contribution in [0, 0.1) is 11.8 Å². The standard InChI is InChI=1S/C12H15NO2/c1-8-7-9(8)12(14)13-10-5-3-4-6-11(10)15-2/h3-6,8-9H,7H2,1-2H3,(H,13,14)/t8-,9-/m0/s1. The van der Waals surface area contributed by atoms with E-state index in [0.29, 0.717) is 11.7 Å². The zero-order chi connectivity index (χ0) is 10.8. The van der Waals surface area contributed by atoms with Gasteiger partial charge in [-0.1, -0.05) is 19.1 Å². The Labute approximate surface area is 89.4 Å². The van der Waals surface area contributed by atoms with Gasteiger partial charge < -0.3 is 10.1 Å². The number of anilines is 1. The Bertz CT molecular complexity index is 376. The lowest BCUT2D eigenvalue weighted by Crippen LogP contribution is -2.14. The van der Waals surface area contributed by atoms with E-state index < -0.39 is 0 Å². The average molecular weight is 205 g/mol. The summed E-state index contributed by atoms with van der Waals surface area (Å²) < 4.78 is 5.16. The summed E-state index contributed by atoms with van der Waals surface area (Å²) in [4.78, 5) is 11.7. The van der Waals surface area contributed by atoms with E-state index in [1.807, 2.05) is 24.3 Å². The van der Waals surface area contributed by atoms with Gasteiger partial charge in [0.1, 0.15) is 5.75 Å². The van der Waals surface area contributed by atoms with Crippen molar-refractivity contribution in [2.45, 2.75) is 13.3 Å². The molecular formula is C12H15NO2. The molecule has 0 radical (unpaired) electrons. The molecule has 1 aliphatic rings. The predicted octanol–water partition coefficient (Wildman–Crippen LogP) is 2.29. The van der Waals surface area contributed by atoms with Gasteiger partial charge in [-0.15, -0.1) is 0 Å². The van der Waals surface area contributed by atoms with Gasteiger partial charge in [0.05, 0.1) is 12.8 Å². The molecule has 0 aliphatic heterocycles. The molecule has 1 saturated carbocycles. The fourth-order valence-corrected chi connectivity index (χ4v) is 1.66. The molecule has 0 bridgehead atoms. The number of hydrogen-bond donors (Lipinski definition) is 1. The van der Waals surface area contributed by atoms with Gasteiger partial charge in [0.15, 0.2) is 0 Å². The minimum atomic E-state index is 0.104. The van der Waals surface area contributed by atoms with E-state index >= 15 is 0 Å². The molecule has 1 fully saturated rings. The molecule has 80 valence electrons. The molecule has 1 aliphatic carbocycles. The van der Waals surface area contributed by atoms with Crippen LogP contribution in [0.4, 0.5) is 5.69 Å². The first-order chi connectivity index (χ1) is 7.22. The second kappa shape index (κ2) is 3.93. The maximum atomic E-state index is 11.7. The molecule has 0 saturated heterocycles. The predicted molar refractivity (Wildman–Crippen MR) is 58.9 cm³/mol. The third kappa shape index (κ3) is 2.12. The maximum absolute atomic E-state index is 11.7. The summed E-state index contributed by atoms with van der Waals surface area (Å²) in [6.45, 7) is 2.09. The lowest BCUT2D eigenvalue weighted by molar-refractivity contribution is -0.117. The van der Waals surface area contributed by atoms with Crippen LogP contribution in [-0.4, -0.2) is 13.0 Å². The van der Waals surface area contributed by atoms with E-state index in [0.717, 1.165) is 12.1 Å². The van der Waals surface area contributed by atoms with Gasteiger partial charge >= 0.3 is 0 Å². The number of hydrogen-bond acceptors (Lipinski definition) is 2. The lowest BCUT2D eigenvalue weighted by Gasteiger charge is -2.09. The molecule has 1 amide bonds. The number of methoxy groups -OCH3 is 1. The Morgan fingerprint density at radius 2 is 2.13 bits per heavy atom. The summed E-state index contributed by atoms with van der Waals surface area (Å²) in [5.41, 5.74) is 0.754. The van der Waals surface area contributed by atoms with Gasteiger partial charge in [-0.25, -0.2) is 0 Å². The van der Waals surface area contributed by atoms with Gasteiger partial charge in [0.25, 0.3) is 0 Å². The zero-order valence-corrected chi connectivity index (χ0v) is 8.99. The van der Waals surface area contributed by atoms with Crippen LogP contribution in [-0.2, 0) is 4.79 Å². The molecule has 0 heterocycles. The number of benzene rings is 1. The van der Waals surface area contributed by atoms with Gasteiger partial charge in [-0.3, -0.25) is 4.79 Å². The molecule has 2 rings (SSSR count). The van der Waals surface area contributed by atoms with Crippen molar-refractivity contribution >= 4 is 11.6 Å². The van der Waals surface area contributed by atoms with Crippen molar-refractivity contribution < 1.29 is 9.53 Å². The molecule has 1 N–H and O–H groups in total. The Hall–Kier alpha value is -1.51. The van der Waals surface area contributed by atoms with E-state index in [1.165, 1.54) is 0 Å². The number of carbonyl (C=O) groups excluding carboxylic acids is 1. The summed E-state index contributed by atoms with van der Waals surface area (Å²) in [6, 6.07) is 7.46. The van der Waals surface area contributed by atoms with Crippen LogP contribution in [0.3, 0.4) is 0 Å². The molecule has 3 heteroatoms. The van der Waals surface area contributed by atoms with Crippen molar-refractivity contribution in [3.05, 3.63) is 24.3 Å². The van der Waals surface area contributed by atoms with Crippen LogP contribution in [0.2, 0.25) is 0 Å². The Balaban J connectivity index is 2.06. The van der Waals surface area contributed by atoms with Crippen LogP contribution in [0.5, 0.6) is 5.75 Å². The van der Waals surface area contributed by atoms with Crippen LogP contribution in [0.1, 0.15) is 13.3 Å². The number of carbonyl (C=O) groups is 1. The summed E-state index contributed by atoms with van der Waals surface area (Å²) in [5, 5.41) is 2.89.